The molecule has 2 rings (SSSR count). The van der Waals surface area contributed by atoms with Gasteiger partial charge in [-0.25, -0.2) is 0 Å². The second kappa shape index (κ2) is 5.36. The van der Waals surface area contributed by atoms with Gasteiger partial charge in [-0.05, 0) is 68.3 Å². The topological polar surface area (TPSA) is 20.2 Å². The molecule has 0 spiro atoms. The van der Waals surface area contributed by atoms with Gasteiger partial charge in [0.1, 0.15) is 0 Å². The first kappa shape index (κ1) is 14.1. The number of hydrogen-bond donors (Lipinski definition) is 1. The van der Waals surface area contributed by atoms with Crippen molar-refractivity contribution in [3.63, 3.8) is 0 Å². The van der Waals surface area contributed by atoms with Crippen molar-refractivity contribution in [3.8, 4) is 0 Å². The van der Waals surface area contributed by atoms with E-state index in [-0.39, 0.29) is 0 Å². The Morgan fingerprint density at radius 2 is 1.94 bits per heavy atom. The zero-order valence-electron chi connectivity index (χ0n) is 12.5. The minimum atomic E-state index is -0.444. The maximum Gasteiger partial charge on any atom is 0.0857 e. The van der Waals surface area contributed by atoms with Crippen LogP contribution >= 0.6 is 0 Å². The van der Waals surface area contributed by atoms with Crippen LogP contribution in [0, 0.1) is 11.3 Å². The van der Waals surface area contributed by atoms with E-state index in [2.05, 4.69) is 26.8 Å². The predicted octanol–water partition coefficient (Wildman–Crippen LogP) is 4.84. The van der Waals surface area contributed by atoms with E-state index in [1.54, 1.807) is 0 Å². The largest absolute Gasteiger partial charge is 0.386 e. The van der Waals surface area contributed by atoms with Gasteiger partial charge in [-0.15, -0.1) is 0 Å². The molecule has 18 heavy (non-hydrogen) atoms. The van der Waals surface area contributed by atoms with Crippen LogP contribution in [0.3, 0.4) is 0 Å². The Morgan fingerprint density at radius 1 is 1.28 bits per heavy atom. The van der Waals surface area contributed by atoms with E-state index in [4.69, 9.17) is 0 Å². The molecule has 2 aliphatic carbocycles. The molecule has 1 fully saturated rings. The van der Waals surface area contributed by atoms with Gasteiger partial charge in [0.2, 0.25) is 0 Å². The third-order valence-corrected chi connectivity index (χ3v) is 5.72. The minimum Gasteiger partial charge on any atom is -0.386 e. The molecule has 104 valence electrons. The Kier molecular flexibility index (Phi) is 4.21. The van der Waals surface area contributed by atoms with Crippen molar-refractivity contribution in [3.05, 3.63) is 11.6 Å². The van der Waals surface area contributed by atoms with Gasteiger partial charge in [0.15, 0.2) is 0 Å². The lowest BCUT2D eigenvalue weighted by Crippen LogP contribution is -2.39. The summed E-state index contributed by atoms with van der Waals surface area (Å²) >= 11 is 0. The summed E-state index contributed by atoms with van der Waals surface area (Å²) in [5.74, 6) is 0.798. The highest BCUT2D eigenvalue weighted by Crippen LogP contribution is 2.46. The molecular weight excluding hydrogens is 220 g/mol. The first-order valence-electron chi connectivity index (χ1n) is 7.90. The van der Waals surface area contributed by atoms with Crippen LogP contribution in [0.1, 0.15) is 78.6 Å². The smallest absolute Gasteiger partial charge is 0.0857 e. The molecule has 0 aliphatic heterocycles. The molecule has 1 N–H and O–H groups in total. The zero-order valence-corrected chi connectivity index (χ0v) is 12.5. The molecule has 0 amide bonds. The third-order valence-electron chi connectivity index (χ3n) is 5.72. The number of aliphatic hydroxyl groups is 1. The van der Waals surface area contributed by atoms with Gasteiger partial charge < -0.3 is 5.11 Å². The van der Waals surface area contributed by atoms with Crippen LogP contribution in [-0.4, -0.2) is 10.7 Å². The standard InChI is InChI=1S/C17H30O/c1-4-16(2,3)14-10-12-17(18,13-11-14)15-8-6-5-7-9-15/h8,14,18H,4-7,9-13H2,1-3H3. The lowest BCUT2D eigenvalue weighted by atomic mass is 9.64. The molecule has 0 saturated heterocycles. The van der Waals surface area contributed by atoms with Crippen molar-refractivity contribution >= 4 is 0 Å². The normalized spacial score (nSPS) is 34.2. The maximum absolute atomic E-state index is 10.9. The van der Waals surface area contributed by atoms with Crippen LogP contribution in [0.25, 0.3) is 0 Å². The molecule has 0 aromatic heterocycles. The monoisotopic (exact) mass is 250 g/mol. The highest BCUT2D eigenvalue weighted by Gasteiger charge is 2.40. The fourth-order valence-corrected chi connectivity index (χ4v) is 3.75. The van der Waals surface area contributed by atoms with Crippen molar-refractivity contribution in [2.24, 2.45) is 11.3 Å². The maximum atomic E-state index is 10.9. The lowest BCUT2D eigenvalue weighted by Gasteiger charge is -2.44. The first-order valence-corrected chi connectivity index (χ1v) is 7.90. The quantitative estimate of drug-likeness (QED) is 0.710. The van der Waals surface area contributed by atoms with Crippen LogP contribution in [0.5, 0.6) is 0 Å². The predicted molar refractivity (Wildman–Crippen MR) is 77.5 cm³/mol. The molecule has 0 heterocycles. The van der Waals surface area contributed by atoms with Crippen molar-refractivity contribution < 1.29 is 5.11 Å². The van der Waals surface area contributed by atoms with E-state index < -0.39 is 5.60 Å². The molecule has 1 heteroatoms. The van der Waals surface area contributed by atoms with E-state index in [0.29, 0.717) is 5.41 Å². The number of hydrogen-bond acceptors (Lipinski definition) is 1. The van der Waals surface area contributed by atoms with Gasteiger partial charge >= 0.3 is 0 Å². The van der Waals surface area contributed by atoms with E-state index in [1.165, 1.54) is 44.1 Å². The van der Waals surface area contributed by atoms with Crippen LogP contribution in [0.2, 0.25) is 0 Å². The second-order valence-electron chi connectivity index (χ2n) is 7.12. The Bertz CT molecular complexity index is 306. The summed E-state index contributed by atoms with van der Waals surface area (Å²) in [6.45, 7) is 7.08. The fourth-order valence-electron chi connectivity index (χ4n) is 3.75. The van der Waals surface area contributed by atoms with Crippen molar-refractivity contribution in [1.82, 2.24) is 0 Å². The molecule has 1 saturated carbocycles. The highest BCUT2D eigenvalue weighted by molar-refractivity contribution is 5.19. The number of rotatable bonds is 3. The van der Waals surface area contributed by atoms with E-state index in [1.807, 2.05) is 0 Å². The molecule has 0 bridgehead atoms. The Labute approximate surface area is 113 Å². The first-order chi connectivity index (χ1) is 8.48. The Morgan fingerprint density at radius 3 is 2.44 bits per heavy atom. The average molecular weight is 250 g/mol. The molecule has 1 nitrogen and oxygen atoms in total. The Balaban J connectivity index is 1.99. The van der Waals surface area contributed by atoms with Gasteiger partial charge in [-0.2, -0.15) is 0 Å². The lowest BCUT2D eigenvalue weighted by molar-refractivity contribution is -0.00307. The van der Waals surface area contributed by atoms with Crippen LogP contribution in [0.15, 0.2) is 11.6 Å². The summed E-state index contributed by atoms with van der Waals surface area (Å²) in [5.41, 5.74) is 1.37. The van der Waals surface area contributed by atoms with Gasteiger partial charge in [-0.3, -0.25) is 0 Å². The Hall–Kier alpha value is -0.300. The summed E-state index contributed by atoms with van der Waals surface area (Å²) in [6, 6.07) is 0. The van der Waals surface area contributed by atoms with Crippen molar-refractivity contribution in [1.29, 1.82) is 0 Å². The number of allylic oxidation sites excluding steroid dienone is 1. The van der Waals surface area contributed by atoms with Crippen molar-refractivity contribution in [2.75, 3.05) is 0 Å². The van der Waals surface area contributed by atoms with Crippen LogP contribution in [0.4, 0.5) is 0 Å². The minimum absolute atomic E-state index is 0.444. The van der Waals surface area contributed by atoms with Gasteiger partial charge in [0.25, 0.3) is 0 Å². The summed E-state index contributed by atoms with van der Waals surface area (Å²) in [7, 11) is 0. The van der Waals surface area contributed by atoms with Gasteiger partial charge in [-0.1, -0.05) is 33.3 Å². The van der Waals surface area contributed by atoms with Crippen LogP contribution < -0.4 is 0 Å². The average Bonchev–Trinajstić information content (AvgIpc) is 2.40. The van der Waals surface area contributed by atoms with Gasteiger partial charge in [0, 0.05) is 0 Å². The van der Waals surface area contributed by atoms with Gasteiger partial charge in [0.05, 0.1) is 5.60 Å². The zero-order chi connectivity index (χ0) is 13.2. The summed E-state index contributed by atoms with van der Waals surface area (Å²) in [4.78, 5) is 0. The van der Waals surface area contributed by atoms with Crippen molar-refractivity contribution in [2.45, 2.75) is 84.2 Å². The molecule has 0 aromatic rings. The van der Waals surface area contributed by atoms with E-state index in [9.17, 15) is 5.11 Å². The molecule has 0 aromatic carbocycles. The summed E-state index contributed by atoms with van der Waals surface area (Å²) < 4.78 is 0. The summed E-state index contributed by atoms with van der Waals surface area (Å²) in [5, 5.41) is 10.9. The van der Waals surface area contributed by atoms with E-state index in [0.717, 1.165) is 25.2 Å². The molecule has 0 atom stereocenters. The SMILES string of the molecule is CCC(C)(C)C1CCC(O)(C2=CCCCC2)CC1. The van der Waals surface area contributed by atoms with Crippen LogP contribution in [-0.2, 0) is 0 Å². The molecule has 0 radical (unpaired) electrons. The molecule has 2 aliphatic rings. The fraction of sp³-hybridized carbons (Fsp3) is 0.882. The summed E-state index contributed by atoms with van der Waals surface area (Å²) in [6.07, 6.45) is 12.9. The second-order valence-corrected chi connectivity index (χ2v) is 7.12. The van der Waals surface area contributed by atoms with E-state index >= 15 is 0 Å². The third kappa shape index (κ3) is 2.82. The highest BCUT2D eigenvalue weighted by atomic mass is 16.3. The molecular formula is C17H30O. The molecule has 0 unspecified atom stereocenters.